The van der Waals surface area contributed by atoms with Crippen molar-refractivity contribution in [3.8, 4) is 0 Å². The summed E-state index contributed by atoms with van der Waals surface area (Å²) >= 11 is 6.35. The number of hydrogen-bond donors (Lipinski definition) is 2. The summed E-state index contributed by atoms with van der Waals surface area (Å²) in [5.41, 5.74) is 2.40. The van der Waals surface area contributed by atoms with Crippen molar-refractivity contribution in [2.24, 2.45) is 0 Å². The van der Waals surface area contributed by atoms with Gasteiger partial charge in [-0.05, 0) is 67.9 Å². The van der Waals surface area contributed by atoms with E-state index in [4.69, 9.17) is 11.6 Å². The Kier molecular flexibility index (Phi) is 8.49. The molecule has 2 aromatic carbocycles. The standard InChI is InChI=1S/C30H33ClN4O5/c31-24-7-4-3-6-21(24)19-13-16-34(17-14-19)27(37)8-2-1-5-15-32-20-9-10-22-23(18-20)30(40)35(29(22)39)25-11-12-26(36)33-28(25)38/h3-4,6-7,9-10,18-19,25,32H,1-2,5,8,11-17H2,(H,33,36,38). The molecular weight excluding hydrogens is 532 g/mol. The van der Waals surface area contributed by atoms with Gasteiger partial charge in [-0.2, -0.15) is 0 Å². The molecule has 40 heavy (non-hydrogen) atoms. The molecule has 2 aromatic rings. The van der Waals surface area contributed by atoms with Crippen molar-refractivity contribution in [3.05, 3.63) is 64.2 Å². The van der Waals surface area contributed by atoms with E-state index in [0.717, 1.165) is 55.1 Å². The highest BCUT2D eigenvalue weighted by Gasteiger charge is 2.44. The number of piperidine rings is 2. The van der Waals surface area contributed by atoms with Crippen molar-refractivity contribution in [1.29, 1.82) is 0 Å². The third-order valence-corrected chi connectivity index (χ3v) is 8.37. The van der Waals surface area contributed by atoms with Crippen LogP contribution in [0.1, 0.15) is 83.6 Å². The predicted molar refractivity (Wildman–Crippen MR) is 150 cm³/mol. The van der Waals surface area contributed by atoms with Gasteiger partial charge in [0.25, 0.3) is 11.8 Å². The van der Waals surface area contributed by atoms with Crippen LogP contribution in [0.25, 0.3) is 0 Å². The Balaban J connectivity index is 1.03. The fourth-order valence-electron chi connectivity index (χ4n) is 5.80. The Hall–Kier alpha value is -3.72. The fourth-order valence-corrected chi connectivity index (χ4v) is 6.09. The number of fused-ring (bicyclic) bond motifs is 1. The summed E-state index contributed by atoms with van der Waals surface area (Å²) in [7, 11) is 0. The van der Waals surface area contributed by atoms with Crippen LogP contribution >= 0.6 is 11.6 Å². The van der Waals surface area contributed by atoms with Gasteiger partial charge >= 0.3 is 0 Å². The molecule has 0 saturated carbocycles. The number of likely N-dealkylation sites (tertiary alicyclic amines) is 1. The molecular formula is C30H33ClN4O5. The third kappa shape index (κ3) is 5.89. The zero-order valence-corrected chi connectivity index (χ0v) is 23.0. The molecule has 1 atom stereocenters. The van der Waals surface area contributed by atoms with Crippen molar-refractivity contribution in [3.63, 3.8) is 0 Å². The average molecular weight is 565 g/mol. The van der Waals surface area contributed by atoms with Gasteiger partial charge in [-0.15, -0.1) is 0 Å². The molecule has 0 aliphatic carbocycles. The number of carbonyl (C=O) groups excluding carboxylic acids is 5. The number of halogens is 1. The lowest BCUT2D eigenvalue weighted by Gasteiger charge is -2.32. The van der Waals surface area contributed by atoms with Crippen molar-refractivity contribution in [2.75, 3.05) is 25.0 Å². The minimum absolute atomic E-state index is 0.0876. The van der Waals surface area contributed by atoms with E-state index >= 15 is 0 Å². The van der Waals surface area contributed by atoms with Crippen molar-refractivity contribution >= 4 is 46.8 Å². The molecule has 10 heteroatoms. The highest BCUT2D eigenvalue weighted by Crippen LogP contribution is 2.33. The number of unbranched alkanes of at least 4 members (excludes halogenated alkanes) is 2. The zero-order valence-electron chi connectivity index (χ0n) is 22.3. The zero-order chi connectivity index (χ0) is 28.2. The quantitative estimate of drug-likeness (QED) is 0.350. The van der Waals surface area contributed by atoms with Gasteiger partial charge < -0.3 is 10.2 Å². The van der Waals surface area contributed by atoms with Crippen LogP contribution in [0.15, 0.2) is 42.5 Å². The first-order chi connectivity index (χ1) is 19.3. The number of hydrogen-bond acceptors (Lipinski definition) is 6. The minimum atomic E-state index is -0.974. The Morgan fingerprint density at radius 3 is 2.42 bits per heavy atom. The van der Waals surface area contributed by atoms with Gasteiger partial charge in [0.15, 0.2) is 0 Å². The molecule has 0 spiro atoms. The lowest BCUT2D eigenvalue weighted by molar-refractivity contribution is -0.136. The van der Waals surface area contributed by atoms with Crippen LogP contribution in [0.5, 0.6) is 0 Å². The summed E-state index contributed by atoms with van der Waals surface area (Å²) in [5, 5.41) is 6.28. The topological polar surface area (TPSA) is 116 Å². The molecule has 2 saturated heterocycles. The number of rotatable bonds is 9. The van der Waals surface area contributed by atoms with E-state index < -0.39 is 29.7 Å². The molecule has 0 radical (unpaired) electrons. The van der Waals surface area contributed by atoms with E-state index in [2.05, 4.69) is 16.7 Å². The van der Waals surface area contributed by atoms with E-state index in [9.17, 15) is 24.0 Å². The van der Waals surface area contributed by atoms with Crippen LogP contribution in [0.3, 0.4) is 0 Å². The molecule has 3 aliphatic heterocycles. The van der Waals surface area contributed by atoms with Crippen molar-refractivity contribution < 1.29 is 24.0 Å². The number of amides is 5. The van der Waals surface area contributed by atoms with E-state index in [1.165, 1.54) is 5.56 Å². The normalized spacial score (nSPS) is 19.6. The second kappa shape index (κ2) is 12.2. The molecule has 3 aliphatic rings. The maximum Gasteiger partial charge on any atom is 0.262 e. The second-order valence-corrected chi connectivity index (χ2v) is 11.0. The molecule has 0 bridgehead atoms. The Labute approximate surface area is 238 Å². The van der Waals surface area contributed by atoms with E-state index in [-0.39, 0.29) is 29.9 Å². The van der Waals surface area contributed by atoms with Crippen LogP contribution < -0.4 is 10.6 Å². The van der Waals surface area contributed by atoms with Gasteiger partial charge in [-0.3, -0.25) is 34.2 Å². The molecule has 5 amide bonds. The Morgan fingerprint density at radius 1 is 0.925 bits per heavy atom. The summed E-state index contributed by atoms with van der Waals surface area (Å²) in [5.74, 6) is -1.46. The third-order valence-electron chi connectivity index (χ3n) is 8.03. The average Bonchev–Trinajstić information content (AvgIpc) is 3.20. The molecule has 5 rings (SSSR count). The molecule has 2 N–H and O–H groups in total. The molecule has 0 aromatic heterocycles. The van der Waals surface area contributed by atoms with Gasteiger partial charge in [0.2, 0.25) is 17.7 Å². The van der Waals surface area contributed by atoms with Crippen molar-refractivity contribution in [2.45, 2.75) is 63.3 Å². The van der Waals surface area contributed by atoms with E-state index in [1.54, 1.807) is 18.2 Å². The van der Waals surface area contributed by atoms with Gasteiger partial charge in [-0.25, -0.2) is 0 Å². The highest BCUT2D eigenvalue weighted by atomic mass is 35.5. The maximum atomic E-state index is 13.0. The van der Waals surface area contributed by atoms with Gasteiger partial charge in [0.05, 0.1) is 11.1 Å². The van der Waals surface area contributed by atoms with Crippen LogP contribution in [0, 0.1) is 0 Å². The summed E-state index contributed by atoms with van der Waals surface area (Å²) in [6, 6.07) is 11.9. The van der Waals surface area contributed by atoms with Gasteiger partial charge in [0, 0.05) is 43.2 Å². The lowest BCUT2D eigenvalue weighted by atomic mass is 9.89. The molecule has 1 unspecified atom stereocenters. The number of imide groups is 2. The fraction of sp³-hybridized carbons (Fsp3) is 0.433. The molecule has 3 heterocycles. The summed E-state index contributed by atoms with van der Waals surface area (Å²) in [6.45, 7) is 2.18. The minimum Gasteiger partial charge on any atom is -0.385 e. The molecule has 9 nitrogen and oxygen atoms in total. The number of nitrogens with zero attached hydrogens (tertiary/aromatic N) is 2. The second-order valence-electron chi connectivity index (χ2n) is 10.6. The van der Waals surface area contributed by atoms with Crippen LogP contribution in [-0.4, -0.2) is 65.0 Å². The number of benzene rings is 2. The van der Waals surface area contributed by atoms with Gasteiger partial charge in [-0.1, -0.05) is 36.2 Å². The Bertz CT molecular complexity index is 1340. The lowest BCUT2D eigenvalue weighted by Crippen LogP contribution is -2.54. The SMILES string of the molecule is O=C1CCC(N2C(=O)c3ccc(NCCCCCC(=O)N4CCC(c5ccccc5Cl)CC4)cc3C2=O)C(=O)N1. The van der Waals surface area contributed by atoms with E-state index in [1.807, 2.05) is 23.1 Å². The number of anilines is 1. The van der Waals surface area contributed by atoms with Gasteiger partial charge in [0.1, 0.15) is 6.04 Å². The largest absolute Gasteiger partial charge is 0.385 e. The first-order valence-electron chi connectivity index (χ1n) is 13.9. The highest BCUT2D eigenvalue weighted by molar-refractivity contribution is 6.31. The first-order valence-corrected chi connectivity index (χ1v) is 14.3. The summed E-state index contributed by atoms with van der Waals surface area (Å²) < 4.78 is 0. The van der Waals surface area contributed by atoms with Crippen LogP contribution in [0.2, 0.25) is 5.02 Å². The summed E-state index contributed by atoms with van der Waals surface area (Å²) in [6.07, 6.45) is 5.16. The monoisotopic (exact) mass is 564 g/mol. The first kappa shape index (κ1) is 27.8. The van der Waals surface area contributed by atoms with Crippen molar-refractivity contribution in [1.82, 2.24) is 15.1 Å². The molecule has 2 fully saturated rings. The number of carbonyl (C=O) groups is 5. The van der Waals surface area contributed by atoms with Crippen LogP contribution in [0.4, 0.5) is 5.69 Å². The maximum absolute atomic E-state index is 13.0. The smallest absolute Gasteiger partial charge is 0.262 e. The predicted octanol–water partition coefficient (Wildman–Crippen LogP) is 4.12. The molecule has 210 valence electrons. The van der Waals surface area contributed by atoms with Crippen LogP contribution in [-0.2, 0) is 14.4 Å². The Morgan fingerprint density at radius 2 is 1.68 bits per heavy atom. The number of nitrogens with one attached hydrogen (secondary N) is 2. The summed E-state index contributed by atoms with van der Waals surface area (Å²) in [4.78, 5) is 65.1. The van der Waals surface area contributed by atoms with E-state index in [0.29, 0.717) is 24.6 Å².